The maximum Gasteiger partial charge on any atom is 0.243 e. The van der Waals surface area contributed by atoms with Crippen LogP contribution in [0, 0.1) is 0 Å². The molecule has 8 heteroatoms. The van der Waals surface area contributed by atoms with Gasteiger partial charge in [0, 0.05) is 31.5 Å². The molecule has 0 aromatic heterocycles. The summed E-state index contributed by atoms with van der Waals surface area (Å²) < 4.78 is 39.3. The number of nitrogens with one attached hydrogen (secondary N) is 1. The minimum Gasteiger partial charge on any atom is -0.496 e. The Morgan fingerprint density at radius 3 is 2.62 bits per heavy atom. The molecule has 1 unspecified atom stereocenters. The van der Waals surface area contributed by atoms with Crippen molar-refractivity contribution in [1.82, 2.24) is 9.62 Å². The largest absolute Gasteiger partial charge is 0.496 e. The number of sulfonamides is 1. The highest BCUT2D eigenvalue weighted by molar-refractivity contribution is 7.89. The minimum atomic E-state index is -3.55. The lowest BCUT2D eigenvalue weighted by Gasteiger charge is -2.37. The van der Waals surface area contributed by atoms with E-state index >= 15 is 0 Å². The Morgan fingerprint density at radius 1 is 1.15 bits per heavy atom. The van der Waals surface area contributed by atoms with Crippen LogP contribution >= 0.6 is 0 Å². The highest BCUT2D eigenvalue weighted by Gasteiger charge is 2.34. The van der Waals surface area contributed by atoms with Crippen LogP contribution in [-0.2, 0) is 21.2 Å². The van der Waals surface area contributed by atoms with Gasteiger partial charge in [-0.3, -0.25) is 4.79 Å². The van der Waals surface area contributed by atoms with Gasteiger partial charge in [0.1, 0.15) is 17.1 Å². The monoisotopic (exact) mass is 486 g/mol. The molecular formula is C26H34N2O5S. The van der Waals surface area contributed by atoms with Gasteiger partial charge < -0.3 is 14.8 Å². The number of fused-ring (bicyclic) bond motifs is 1. The zero-order chi connectivity index (χ0) is 24.3. The highest BCUT2D eigenvalue weighted by atomic mass is 32.2. The molecule has 7 nitrogen and oxygen atoms in total. The van der Waals surface area contributed by atoms with Crippen LogP contribution in [0.4, 0.5) is 0 Å². The summed E-state index contributed by atoms with van der Waals surface area (Å²) in [6.45, 7) is 5.13. The van der Waals surface area contributed by atoms with E-state index in [1.54, 1.807) is 29.6 Å². The summed E-state index contributed by atoms with van der Waals surface area (Å²) in [5.41, 5.74) is 1.30. The topological polar surface area (TPSA) is 84.9 Å². The zero-order valence-corrected chi connectivity index (χ0v) is 21.0. The second kappa shape index (κ2) is 9.96. The number of piperidine rings is 1. The molecule has 1 saturated heterocycles. The summed E-state index contributed by atoms with van der Waals surface area (Å²) in [5, 5.41) is 3.15. The maximum absolute atomic E-state index is 13.1. The van der Waals surface area contributed by atoms with Crippen LogP contribution in [0.3, 0.4) is 0 Å². The third-order valence-corrected chi connectivity index (χ3v) is 8.43. The molecule has 2 aromatic carbocycles. The summed E-state index contributed by atoms with van der Waals surface area (Å²) in [6.07, 6.45) is 4.10. The van der Waals surface area contributed by atoms with Crippen LogP contribution < -0.4 is 14.8 Å². The van der Waals surface area contributed by atoms with Crippen LogP contribution in [0.2, 0.25) is 0 Å². The molecule has 1 fully saturated rings. The van der Waals surface area contributed by atoms with Gasteiger partial charge >= 0.3 is 0 Å². The van der Waals surface area contributed by atoms with Gasteiger partial charge in [0.25, 0.3) is 0 Å². The minimum absolute atomic E-state index is 0.0937. The second-order valence-corrected chi connectivity index (χ2v) is 11.6. The number of para-hydroxylation sites is 1. The molecule has 2 aliphatic rings. The lowest BCUT2D eigenvalue weighted by molar-refractivity contribution is -0.122. The number of carbonyl (C=O) groups is 1. The van der Waals surface area contributed by atoms with Crippen molar-refractivity contribution >= 4 is 15.9 Å². The highest BCUT2D eigenvalue weighted by Crippen LogP contribution is 2.39. The van der Waals surface area contributed by atoms with E-state index in [2.05, 4.69) is 5.32 Å². The van der Waals surface area contributed by atoms with Crippen molar-refractivity contribution in [3.8, 4) is 11.5 Å². The first-order valence-electron chi connectivity index (χ1n) is 11.9. The average Bonchev–Trinajstić information content (AvgIpc) is 2.82. The van der Waals surface area contributed by atoms with Crippen molar-refractivity contribution < 1.29 is 22.7 Å². The quantitative estimate of drug-likeness (QED) is 0.633. The Labute approximate surface area is 202 Å². The molecule has 0 spiro atoms. The number of carbonyl (C=O) groups excluding carboxylic acids is 1. The van der Waals surface area contributed by atoms with Gasteiger partial charge in [-0.1, -0.05) is 24.6 Å². The molecule has 1 N–H and O–H groups in total. The van der Waals surface area contributed by atoms with E-state index in [-0.39, 0.29) is 28.9 Å². The standard InChI is InChI=1S/C26H34N2O5S/c1-26(2)18-22(21-9-5-6-10-24(21)33-26)27-25(29)14-11-19-17-20(12-13-23(19)32-3)34(30,31)28-15-7-4-8-16-28/h5-6,9-10,12-13,17,22H,4,7-8,11,14-16,18H2,1-3H3,(H,27,29). The number of nitrogens with zero attached hydrogens (tertiary/aromatic N) is 1. The number of rotatable bonds is 7. The molecule has 34 heavy (non-hydrogen) atoms. The first-order valence-corrected chi connectivity index (χ1v) is 13.4. The SMILES string of the molecule is COc1ccc(S(=O)(=O)N2CCCCC2)cc1CCC(=O)NC1CC(C)(C)Oc2ccccc21. The van der Waals surface area contributed by atoms with Crippen molar-refractivity contribution in [3.05, 3.63) is 53.6 Å². The molecule has 2 aromatic rings. The molecule has 184 valence electrons. The summed E-state index contributed by atoms with van der Waals surface area (Å²) in [4.78, 5) is 13.2. The summed E-state index contributed by atoms with van der Waals surface area (Å²) in [6, 6.07) is 12.6. The van der Waals surface area contributed by atoms with E-state index < -0.39 is 10.0 Å². The number of aryl methyl sites for hydroxylation is 1. The zero-order valence-electron chi connectivity index (χ0n) is 20.2. The number of methoxy groups -OCH3 is 1. The molecule has 0 aliphatic carbocycles. The van der Waals surface area contributed by atoms with Gasteiger partial charge in [-0.2, -0.15) is 4.31 Å². The van der Waals surface area contributed by atoms with Gasteiger partial charge in [0.15, 0.2) is 0 Å². The molecule has 1 atom stereocenters. The lowest BCUT2D eigenvalue weighted by Crippen LogP contribution is -2.41. The smallest absolute Gasteiger partial charge is 0.243 e. The third-order valence-electron chi connectivity index (χ3n) is 6.54. The summed E-state index contributed by atoms with van der Waals surface area (Å²) >= 11 is 0. The van der Waals surface area contributed by atoms with Gasteiger partial charge in [-0.15, -0.1) is 0 Å². The van der Waals surface area contributed by atoms with Crippen molar-refractivity contribution in [2.45, 2.75) is 68.9 Å². The third kappa shape index (κ3) is 5.39. The fourth-order valence-electron chi connectivity index (χ4n) is 4.81. The van der Waals surface area contributed by atoms with Gasteiger partial charge in [0.2, 0.25) is 15.9 Å². The predicted octanol–water partition coefficient (Wildman–Crippen LogP) is 4.22. The maximum atomic E-state index is 13.1. The van der Waals surface area contributed by atoms with Gasteiger partial charge in [-0.25, -0.2) is 8.42 Å². The Morgan fingerprint density at radius 2 is 1.88 bits per heavy atom. The normalized spacial score (nSPS) is 20.1. The fourth-order valence-corrected chi connectivity index (χ4v) is 6.38. The Hall–Kier alpha value is -2.58. The van der Waals surface area contributed by atoms with Crippen LogP contribution in [0.5, 0.6) is 11.5 Å². The van der Waals surface area contributed by atoms with Gasteiger partial charge in [-0.05, 0) is 62.9 Å². The van der Waals surface area contributed by atoms with Crippen molar-refractivity contribution in [3.63, 3.8) is 0 Å². The molecule has 4 rings (SSSR count). The lowest BCUT2D eigenvalue weighted by atomic mass is 9.89. The van der Waals surface area contributed by atoms with E-state index in [4.69, 9.17) is 9.47 Å². The van der Waals surface area contributed by atoms with Crippen molar-refractivity contribution in [2.75, 3.05) is 20.2 Å². The number of hydrogen-bond acceptors (Lipinski definition) is 5. The molecular weight excluding hydrogens is 452 g/mol. The molecule has 2 aliphatic heterocycles. The van der Waals surface area contributed by atoms with Crippen LogP contribution in [0.15, 0.2) is 47.4 Å². The molecule has 1 amide bonds. The van der Waals surface area contributed by atoms with Crippen molar-refractivity contribution in [2.24, 2.45) is 0 Å². The average molecular weight is 487 g/mol. The van der Waals surface area contributed by atoms with Crippen LogP contribution in [0.1, 0.15) is 63.1 Å². The molecule has 0 radical (unpaired) electrons. The molecule has 2 heterocycles. The van der Waals surface area contributed by atoms with E-state index in [0.29, 0.717) is 37.2 Å². The Kier molecular flexibility index (Phi) is 7.19. The van der Waals surface area contributed by atoms with Crippen LogP contribution in [-0.4, -0.2) is 44.4 Å². The molecule has 0 bridgehead atoms. The van der Waals surface area contributed by atoms with E-state index in [1.807, 2.05) is 38.1 Å². The van der Waals surface area contributed by atoms with E-state index in [1.165, 1.54) is 0 Å². The number of amides is 1. The Balaban J connectivity index is 1.47. The summed E-state index contributed by atoms with van der Waals surface area (Å²) in [7, 11) is -2.00. The van der Waals surface area contributed by atoms with E-state index in [9.17, 15) is 13.2 Å². The van der Waals surface area contributed by atoms with E-state index in [0.717, 1.165) is 30.6 Å². The van der Waals surface area contributed by atoms with Crippen molar-refractivity contribution in [1.29, 1.82) is 0 Å². The number of ether oxygens (including phenoxy) is 2. The fraction of sp³-hybridized carbons (Fsp3) is 0.500. The Bertz CT molecular complexity index is 1140. The second-order valence-electron chi connectivity index (χ2n) is 9.66. The summed E-state index contributed by atoms with van der Waals surface area (Å²) in [5.74, 6) is 1.29. The predicted molar refractivity (Wildman–Crippen MR) is 131 cm³/mol. The first-order chi connectivity index (χ1) is 16.2. The number of hydrogen-bond donors (Lipinski definition) is 1. The first kappa shape index (κ1) is 24.5. The molecule has 0 saturated carbocycles. The van der Waals surface area contributed by atoms with Gasteiger partial charge in [0.05, 0.1) is 18.0 Å². The van der Waals surface area contributed by atoms with Crippen LogP contribution in [0.25, 0.3) is 0 Å². The number of benzene rings is 2.